The van der Waals surface area contributed by atoms with E-state index >= 15 is 0 Å². The van der Waals surface area contributed by atoms with E-state index in [0.717, 1.165) is 18.4 Å². The number of hydrogen-bond acceptors (Lipinski definition) is 5. The maximum Gasteiger partial charge on any atom is 0.325 e. The smallest absolute Gasteiger partial charge is 0.325 e. The molecule has 0 aromatic heterocycles. The van der Waals surface area contributed by atoms with Crippen molar-refractivity contribution in [2.75, 3.05) is 25.6 Å². The summed E-state index contributed by atoms with van der Waals surface area (Å²) in [6.45, 7) is -0.241. The summed E-state index contributed by atoms with van der Waals surface area (Å²) in [7, 11) is 1.27. The summed E-state index contributed by atoms with van der Waals surface area (Å²) < 4.78 is 10.3. The molecule has 7 nitrogen and oxygen atoms in total. The molecular formula is C22H23ClN2O5. The van der Waals surface area contributed by atoms with Crippen molar-refractivity contribution < 1.29 is 23.9 Å². The van der Waals surface area contributed by atoms with Gasteiger partial charge in [-0.15, -0.1) is 0 Å². The third kappa shape index (κ3) is 6.49. The first kappa shape index (κ1) is 21.6. The Kier molecular flexibility index (Phi) is 7.30. The van der Waals surface area contributed by atoms with Crippen LogP contribution in [0.3, 0.4) is 0 Å². The quantitative estimate of drug-likeness (QED) is 0.617. The highest BCUT2D eigenvalue weighted by molar-refractivity contribution is 6.30. The number of benzene rings is 2. The predicted octanol–water partition coefficient (Wildman–Crippen LogP) is 3.27. The average molecular weight is 431 g/mol. The first-order chi connectivity index (χ1) is 14.4. The zero-order valence-corrected chi connectivity index (χ0v) is 17.4. The molecule has 0 atom stereocenters. The lowest BCUT2D eigenvalue weighted by Crippen LogP contribution is -2.38. The first-order valence-corrected chi connectivity index (χ1v) is 9.95. The van der Waals surface area contributed by atoms with E-state index in [1.807, 2.05) is 0 Å². The molecule has 0 aliphatic heterocycles. The molecule has 1 aliphatic rings. The van der Waals surface area contributed by atoms with Gasteiger partial charge in [0.25, 0.3) is 5.91 Å². The first-order valence-electron chi connectivity index (χ1n) is 9.57. The summed E-state index contributed by atoms with van der Waals surface area (Å²) in [4.78, 5) is 37.7. The highest BCUT2D eigenvalue weighted by Crippen LogP contribution is 2.30. The molecule has 0 bridgehead atoms. The number of carbonyl (C=O) groups is 3. The molecule has 1 fully saturated rings. The van der Waals surface area contributed by atoms with Gasteiger partial charge >= 0.3 is 5.97 Å². The Labute approximate surface area is 179 Å². The third-order valence-corrected chi connectivity index (χ3v) is 4.85. The molecule has 0 spiro atoms. The van der Waals surface area contributed by atoms with Crippen molar-refractivity contribution in [2.45, 2.75) is 19.4 Å². The molecule has 2 aromatic carbocycles. The fourth-order valence-corrected chi connectivity index (χ4v) is 2.88. The number of methoxy groups -OCH3 is 1. The molecule has 0 unspecified atom stereocenters. The highest BCUT2D eigenvalue weighted by Gasteiger charge is 2.29. The number of ether oxygens (including phenoxy) is 2. The second-order valence-corrected chi connectivity index (χ2v) is 7.47. The molecule has 1 aliphatic carbocycles. The summed E-state index contributed by atoms with van der Waals surface area (Å²) in [5.41, 5.74) is 1.44. The van der Waals surface area contributed by atoms with Crippen LogP contribution in [0.4, 0.5) is 5.69 Å². The second-order valence-electron chi connectivity index (χ2n) is 7.03. The summed E-state index contributed by atoms with van der Waals surface area (Å²) >= 11 is 5.90. The van der Waals surface area contributed by atoms with E-state index in [2.05, 4.69) is 5.32 Å². The van der Waals surface area contributed by atoms with E-state index in [0.29, 0.717) is 16.5 Å². The van der Waals surface area contributed by atoms with Crippen LogP contribution in [0.2, 0.25) is 5.02 Å². The van der Waals surface area contributed by atoms with E-state index in [4.69, 9.17) is 21.1 Å². The van der Waals surface area contributed by atoms with Gasteiger partial charge in [-0.05, 0) is 42.7 Å². The number of nitrogens with one attached hydrogen (secondary N) is 1. The van der Waals surface area contributed by atoms with Crippen LogP contribution in [0.15, 0.2) is 48.5 Å². The molecule has 3 rings (SSSR count). The lowest BCUT2D eigenvalue weighted by molar-refractivity contribution is -0.148. The molecule has 0 heterocycles. The van der Waals surface area contributed by atoms with Crippen molar-refractivity contribution in [3.8, 4) is 5.75 Å². The zero-order chi connectivity index (χ0) is 21.5. The SMILES string of the molecule is COC(=O)CN(Cc1ccc(Cl)cc1)C(=O)COc1cccc(NC(=O)C2CC2)c1. The Morgan fingerprint density at radius 3 is 2.53 bits per heavy atom. The largest absolute Gasteiger partial charge is 0.484 e. The fourth-order valence-electron chi connectivity index (χ4n) is 2.75. The lowest BCUT2D eigenvalue weighted by atomic mass is 10.2. The van der Waals surface area contributed by atoms with Gasteiger partial charge in [-0.3, -0.25) is 14.4 Å². The summed E-state index contributed by atoms with van der Waals surface area (Å²) in [6, 6.07) is 13.9. The van der Waals surface area contributed by atoms with Crippen LogP contribution < -0.4 is 10.1 Å². The number of carbonyl (C=O) groups excluding carboxylic acids is 3. The van der Waals surface area contributed by atoms with Crippen LogP contribution in [0.5, 0.6) is 5.75 Å². The van der Waals surface area contributed by atoms with Crippen molar-refractivity contribution in [1.29, 1.82) is 0 Å². The average Bonchev–Trinajstić information content (AvgIpc) is 3.59. The van der Waals surface area contributed by atoms with Crippen molar-refractivity contribution in [1.82, 2.24) is 4.90 Å². The number of nitrogens with zero attached hydrogens (tertiary/aromatic N) is 1. The lowest BCUT2D eigenvalue weighted by Gasteiger charge is -2.22. The third-order valence-electron chi connectivity index (χ3n) is 4.60. The number of anilines is 1. The predicted molar refractivity (Wildman–Crippen MR) is 112 cm³/mol. The monoisotopic (exact) mass is 430 g/mol. The van der Waals surface area contributed by atoms with Crippen LogP contribution in [0.1, 0.15) is 18.4 Å². The number of rotatable bonds is 9. The maximum absolute atomic E-state index is 12.7. The number of esters is 1. The van der Waals surface area contributed by atoms with Gasteiger partial charge in [-0.1, -0.05) is 29.8 Å². The van der Waals surface area contributed by atoms with Crippen LogP contribution in [0, 0.1) is 5.92 Å². The van der Waals surface area contributed by atoms with E-state index in [-0.39, 0.29) is 37.4 Å². The number of hydrogen-bond donors (Lipinski definition) is 1. The van der Waals surface area contributed by atoms with Crippen molar-refractivity contribution in [2.24, 2.45) is 5.92 Å². The topological polar surface area (TPSA) is 84.9 Å². The van der Waals surface area contributed by atoms with Gasteiger partial charge in [-0.25, -0.2) is 0 Å². The summed E-state index contributed by atoms with van der Waals surface area (Å²) in [5, 5.41) is 3.42. The van der Waals surface area contributed by atoms with Gasteiger partial charge in [0.15, 0.2) is 6.61 Å². The molecule has 30 heavy (non-hydrogen) atoms. The molecular weight excluding hydrogens is 408 g/mol. The van der Waals surface area contributed by atoms with Gasteiger partial charge in [-0.2, -0.15) is 0 Å². The summed E-state index contributed by atoms with van der Waals surface area (Å²) in [5.74, 6) is -0.363. The Morgan fingerprint density at radius 2 is 1.87 bits per heavy atom. The molecule has 1 N–H and O–H groups in total. The zero-order valence-electron chi connectivity index (χ0n) is 16.6. The van der Waals surface area contributed by atoms with E-state index in [1.165, 1.54) is 12.0 Å². The van der Waals surface area contributed by atoms with Crippen LogP contribution in [0.25, 0.3) is 0 Å². The van der Waals surface area contributed by atoms with E-state index in [1.54, 1.807) is 48.5 Å². The minimum absolute atomic E-state index is 0.00422. The van der Waals surface area contributed by atoms with Crippen LogP contribution in [-0.2, 0) is 25.7 Å². The maximum atomic E-state index is 12.7. The molecule has 0 saturated heterocycles. The van der Waals surface area contributed by atoms with Gasteiger partial charge in [0.05, 0.1) is 7.11 Å². The fraction of sp³-hybridized carbons (Fsp3) is 0.318. The normalized spacial score (nSPS) is 12.7. The Hall–Kier alpha value is -3.06. The molecule has 2 amide bonds. The van der Waals surface area contributed by atoms with Gasteiger partial charge in [0.1, 0.15) is 12.3 Å². The Morgan fingerprint density at radius 1 is 1.13 bits per heavy atom. The van der Waals surface area contributed by atoms with Gasteiger partial charge < -0.3 is 19.7 Å². The van der Waals surface area contributed by atoms with Gasteiger partial charge in [0, 0.05) is 29.2 Å². The minimum atomic E-state index is -0.526. The van der Waals surface area contributed by atoms with Gasteiger partial charge in [0.2, 0.25) is 5.91 Å². The number of halogens is 1. The van der Waals surface area contributed by atoms with Crippen LogP contribution >= 0.6 is 11.6 Å². The molecule has 1 saturated carbocycles. The molecule has 2 aromatic rings. The summed E-state index contributed by atoms with van der Waals surface area (Å²) in [6.07, 6.45) is 1.83. The minimum Gasteiger partial charge on any atom is -0.484 e. The second kappa shape index (κ2) is 10.1. The number of amides is 2. The van der Waals surface area contributed by atoms with Crippen molar-refractivity contribution >= 4 is 35.1 Å². The molecule has 158 valence electrons. The highest BCUT2D eigenvalue weighted by atomic mass is 35.5. The van der Waals surface area contributed by atoms with Crippen LogP contribution in [-0.4, -0.2) is 42.9 Å². The Balaban J connectivity index is 1.60. The van der Waals surface area contributed by atoms with E-state index < -0.39 is 5.97 Å². The van der Waals surface area contributed by atoms with E-state index in [9.17, 15) is 14.4 Å². The molecule has 8 heteroatoms. The molecule has 0 radical (unpaired) electrons. The standard InChI is InChI=1S/C22H23ClN2O5/c1-29-21(27)13-25(12-15-5-9-17(23)10-6-15)20(26)14-30-19-4-2-3-18(11-19)24-22(28)16-7-8-16/h2-6,9-11,16H,7-8,12-14H2,1H3,(H,24,28). The van der Waals surface area contributed by atoms with Crippen molar-refractivity contribution in [3.05, 3.63) is 59.1 Å². The Bertz CT molecular complexity index is 912. The van der Waals surface area contributed by atoms with Crippen molar-refractivity contribution in [3.63, 3.8) is 0 Å².